The predicted molar refractivity (Wildman–Crippen MR) is 108 cm³/mol. The molecule has 1 aromatic carbocycles. The van der Waals surface area contributed by atoms with Crippen LogP contribution >= 0.6 is 0 Å². The van der Waals surface area contributed by atoms with Crippen LogP contribution in [0.15, 0.2) is 34.1 Å². The summed E-state index contributed by atoms with van der Waals surface area (Å²) >= 11 is 0. The van der Waals surface area contributed by atoms with Gasteiger partial charge in [-0.2, -0.15) is 13.7 Å². The molecule has 9 nitrogen and oxygen atoms in total. The Morgan fingerprint density at radius 2 is 1.59 bits per heavy atom. The van der Waals surface area contributed by atoms with Gasteiger partial charge in [-0.15, -0.1) is 0 Å². The summed E-state index contributed by atoms with van der Waals surface area (Å²) in [7, 11) is -4.33. The smallest absolute Gasteiger partial charge is 0.246 e. The summed E-state index contributed by atoms with van der Waals surface area (Å²) in [4.78, 5) is 0.330. The Kier molecular flexibility index (Phi) is 6.04. The van der Waals surface area contributed by atoms with Crippen LogP contribution in [0.2, 0.25) is 0 Å². The predicted octanol–water partition coefficient (Wildman–Crippen LogP) is 1.13. The monoisotopic (exact) mass is 442 g/mol. The molecule has 0 atom stereocenters. The summed E-state index contributed by atoms with van der Waals surface area (Å²) in [5.74, 6) is 0.452. The van der Waals surface area contributed by atoms with Gasteiger partial charge >= 0.3 is 0 Å². The zero-order valence-corrected chi connectivity index (χ0v) is 18.6. The molecule has 0 aliphatic carbocycles. The van der Waals surface area contributed by atoms with E-state index in [0.29, 0.717) is 23.6 Å². The molecule has 1 aliphatic rings. The fourth-order valence-corrected chi connectivity index (χ4v) is 6.89. The van der Waals surface area contributed by atoms with Gasteiger partial charge in [-0.05, 0) is 32.4 Å². The first kappa shape index (κ1) is 21.8. The molecule has 1 saturated heterocycles. The normalized spacial score (nSPS) is 17.2. The molecule has 0 saturated carbocycles. The van der Waals surface area contributed by atoms with Crippen LogP contribution < -0.4 is 4.74 Å². The highest BCUT2D eigenvalue weighted by Crippen LogP contribution is 2.26. The third-order valence-electron chi connectivity index (χ3n) is 5.13. The van der Waals surface area contributed by atoms with Gasteiger partial charge < -0.3 is 4.74 Å². The van der Waals surface area contributed by atoms with Crippen LogP contribution in [0.1, 0.15) is 17.8 Å². The number of sulfonamides is 2. The van der Waals surface area contributed by atoms with Crippen molar-refractivity contribution in [2.24, 2.45) is 7.05 Å². The lowest BCUT2D eigenvalue weighted by atomic mass is 10.3. The Morgan fingerprint density at radius 1 is 0.966 bits per heavy atom. The van der Waals surface area contributed by atoms with E-state index in [-0.39, 0.29) is 36.0 Å². The average molecular weight is 443 g/mol. The van der Waals surface area contributed by atoms with Gasteiger partial charge in [-0.1, -0.05) is 6.07 Å². The molecular formula is C18H26N4O5S2. The zero-order chi connectivity index (χ0) is 21.4. The number of aryl methyl sites for hydroxylation is 2. The molecule has 0 N–H and O–H groups in total. The second-order valence-electron chi connectivity index (χ2n) is 6.96. The van der Waals surface area contributed by atoms with Crippen molar-refractivity contribution in [1.82, 2.24) is 18.4 Å². The van der Waals surface area contributed by atoms with Crippen LogP contribution in [0.5, 0.6) is 5.75 Å². The van der Waals surface area contributed by atoms with Crippen molar-refractivity contribution in [3.05, 3.63) is 35.7 Å². The molecule has 0 spiro atoms. The molecular weight excluding hydrogens is 416 g/mol. The number of nitrogens with zero attached hydrogens (tertiary/aromatic N) is 4. The van der Waals surface area contributed by atoms with Gasteiger partial charge in [0.1, 0.15) is 10.6 Å². The number of hydrogen-bond acceptors (Lipinski definition) is 6. The van der Waals surface area contributed by atoms with E-state index in [0.717, 1.165) is 0 Å². The van der Waals surface area contributed by atoms with Crippen LogP contribution in [0, 0.1) is 13.8 Å². The maximum Gasteiger partial charge on any atom is 0.246 e. The van der Waals surface area contributed by atoms with Gasteiger partial charge in [0.15, 0.2) is 0 Å². The van der Waals surface area contributed by atoms with Crippen molar-refractivity contribution in [2.45, 2.75) is 30.1 Å². The van der Waals surface area contributed by atoms with Gasteiger partial charge in [-0.25, -0.2) is 16.8 Å². The van der Waals surface area contributed by atoms with Crippen molar-refractivity contribution >= 4 is 20.0 Å². The van der Waals surface area contributed by atoms with Crippen molar-refractivity contribution < 1.29 is 21.6 Å². The molecule has 0 amide bonds. The number of ether oxygens (including phenoxy) is 1. The molecule has 0 bridgehead atoms. The van der Waals surface area contributed by atoms with E-state index in [4.69, 9.17) is 4.74 Å². The van der Waals surface area contributed by atoms with Crippen molar-refractivity contribution in [3.63, 3.8) is 0 Å². The molecule has 1 aliphatic heterocycles. The summed E-state index contributed by atoms with van der Waals surface area (Å²) in [5, 5.41) is 4.20. The molecule has 160 valence electrons. The number of aromatic nitrogens is 2. The van der Waals surface area contributed by atoms with E-state index in [9.17, 15) is 16.8 Å². The van der Waals surface area contributed by atoms with Gasteiger partial charge in [0.25, 0.3) is 0 Å². The fourth-order valence-electron chi connectivity index (χ4n) is 3.52. The maximum atomic E-state index is 13.2. The molecule has 11 heteroatoms. The van der Waals surface area contributed by atoms with Gasteiger partial charge in [0.05, 0.1) is 23.4 Å². The standard InChI is InChI=1S/C18H26N4O5S2/c1-14-18(15(2)20(3)19-14)29(25,26)22-10-6-9-21(11-12-22)28(23,24)17-8-5-7-16(13-17)27-4/h5,7-8,13H,6,9-12H2,1-4H3. The van der Waals surface area contributed by atoms with Crippen LogP contribution in [0.3, 0.4) is 0 Å². The lowest BCUT2D eigenvalue weighted by Crippen LogP contribution is -2.37. The Bertz CT molecular complexity index is 1110. The third-order valence-corrected chi connectivity index (χ3v) is 9.18. The topological polar surface area (TPSA) is 102 Å². The second kappa shape index (κ2) is 8.05. The first-order chi connectivity index (χ1) is 13.6. The minimum atomic E-state index is -3.76. The number of hydrogen-bond donors (Lipinski definition) is 0. The van der Waals surface area contributed by atoms with Crippen LogP contribution in [-0.2, 0) is 27.1 Å². The van der Waals surface area contributed by atoms with E-state index in [1.165, 1.54) is 27.9 Å². The van der Waals surface area contributed by atoms with Gasteiger partial charge in [0, 0.05) is 39.3 Å². The summed E-state index contributed by atoms with van der Waals surface area (Å²) < 4.78 is 61.8. The highest BCUT2D eigenvalue weighted by molar-refractivity contribution is 7.89. The summed E-state index contributed by atoms with van der Waals surface area (Å²) in [6, 6.07) is 6.28. The lowest BCUT2D eigenvalue weighted by Gasteiger charge is -2.22. The van der Waals surface area contributed by atoms with E-state index >= 15 is 0 Å². The van der Waals surface area contributed by atoms with Crippen LogP contribution in [-0.4, -0.2) is 68.5 Å². The zero-order valence-electron chi connectivity index (χ0n) is 17.0. The molecule has 2 heterocycles. The molecule has 29 heavy (non-hydrogen) atoms. The summed E-state index contributed by atoms with van der Waals surface area (Å²) in [6.07, 6.45) is 0.404. The first-order valence-corrected chi connectivity index (χ1v) is 12.1. The van der Waals surface area contributed by atoms with E-state index < -0.39 is 20.0 Å². The third kappa shape index (κ3) is 4.04. The molecule has 1 aromatic heterocycles. The maximum absolute atomic E-state index is 13.2. The SMILES string of the molecule is COc1cccc(S(=O)(=O)N2CCCN(S(=O)(=O)c3c(C)nn(C)c3C)CC2)c1. The summed E-state index contributed by atoms with van der Waals surface area (Å²) in [6.45, 7) is 4.04. The van der Waals surface area contributed by atoms with E-state index in [2.05, 4.69) is 5.10 Å². The lowest BCUT2D eigenvalue weighted by molar-refractivity contribution is 0.402. The highest BCUT2D eigenvalue weighted by Gasteiger charge is 2.34. The van der Waals surface area contributed by atoms with E-state index in [1.54, 1.807) is 37.7 Å². The minimum Gasteiger partial charge on any atom is -0.497 e. The average Bonchev–Trinajstić information content (AvgIpc) is 2.85. The minimum absolute atomic E-state index is 0.0805. The quantitative estimate of drug-likeness (QED) is 0.688. The number of rotatable bonds is 5. The number of methoxy groups -OCH3 is 1. The summed E-state index contributed by atoms with van der Waals surface area (Å²) in [5.41, 5.74) is 1.00. The Labute approximate surface area is 172 Å². The number of benzene rings is 1. The first-order valence-electron chi connectivity index (χ1n) is 9.23. The van der Waals surface area contributed by atoms with Crippen LogP contribution in [0.25, 0.3) is 0 Å². The van der Waals surface area contributed by atoms with Crippen molar-refractivity contribution in [2.75, 3.05) is 33.3 Å². The molecule has 2 aromatic rings. The van der Waals surface area contributed by atoms with Crippen molar-refractivity contribution in [1.29, 1.82) is 0 Å². The van der Waals surface area contributed by atoms with Gasteiger partial charge in [-0.3, -0.25) is 4.68 Å². The van der Waals surface area contributed by atoms with Gasteiger partial charge in [0.2, 0.25) is 20.0 Å². The Hall–Kier alpha value is -1.95. The fraction of sp³-hybridized carbons (Fsp3) is 0.500. The van der Waals surface area contributed by atoms with Crippen molar-refractivity contribution in [3.8, 4) is 5.75 Å². The second-order valence-corrected chi connectivity index (χ2v) is 10.8. The molecule has 0 unspecified atom stereocenters. The van der Waals surface area contributed by atoms with E-state index in [1.807, 2.05) is 0 Å². The molecule has 0 radical (unpaired) electrons. The molecule has 1 fully saturated rings. The van der Waals surface area contributed by atoms with Crippen LogP contribution in [0.4, 0.5) is 0 Å². The Morgan fingerprint density at radius 3 is 2.14 bits per heavy atom. The largest absolute Gasteiger partial charge is 0.497 e. The highest BCUT2D eigenvalue weighted by atomic mass is 32.2. The molecule has 3 rings (SSSR count). The Balaban J connectivity index is 1.85.